The van der Waals surface area contributed by atoms with Crippen molar-refractivity contribution in [1.82, 2.24) is 0 Å². The van der Waals surface area contributed by atoms with E-state index in [1.807, 2.05) is 88.4 Å². The molecule has 0 amide bonds. The predicted molar refractivity (Wildman–Crippen MR) is 98.2 cm³/mol. The first-order valence-corrected chi connectivity index (χ1v) is 8.48. The van der Waals surface area contributed by atoms with Crippen molar-refractivity contribution < 1.29 is 9.59 Å². The Labute approximate surface area is 144 Å². The van der Waals surface area contributed by atoms with E-state index in [4.69, 9.17) is 0 Å². The molecule has 0 bridgehead atoms. The lowest BCUT2D eigenvalue weighted by Gasteiger charge is -2.28. The van der Waals surface area contributed by atoms with Gasteiger partial charge in [0.15, 0.2) is 5.78 Å². The summed E-state index contributed by atoms with van der Waals surface area (Å²) >= 11 is 0. The van der Waals surface area contributed by atoms with Gasteiger partial charge in [-0.15, -0.1) is 0 Å². The van der Waals surface area contributed by atoms with Gasteiger partial charge in [0.05, 0.1) is 0 Å². The van der Waals surface area contributed by atoms with E-state index in [0.29, 0.717) is 12.0 Å². The fourth-order valence-corrected chi connectivity index (χ4v) is 3.09. The lowest BCUT2D eigenvalue weighted by atomic mass is 9.74. The van der Waals surface area contributed by atoms with E-state index >= 15 is 0 Å². The van der Waals surface area contributed by atoms with Crippen LogP contribution in [0, 0.1) is 11.3 Å². The monoisotopic (exact) mass is 322 g/mol. The molecule has 2 rings (SSSR count). The Kier molecular flexibility index (Phi) is 5.71. The van der Waals surface area contributed by atoms with Gasteiger partial charge in [-0.1, -0.05) is 88.4 Å². The lowest BCUT2D eigenvalue weighted by Crippen LogP contribution is -2.31. The van der Waals surface area contributed by atoms with Gasteiger partial charge in [0.1, 0.15) is 5.78 Å². The summed E-state index contributed by atoms with van der Waals surface area (Å²) < 4.78 is 0. The zero-order valence-corrected chi connectivity index (χ0v) is 15.0. The van der Waals surface area contributed by atoms with E-state index in [1.54, 1.807) is 0 Å². The van der Waals surface area contributed by atoms with E-state index in [1.165, 1.54) is 0 Å². The molecule has 2 nitrogen and oxygen atoms in total. The molecule has 0 saturated heterocycles. The quantitative estimate of drug-likeness (QED) is 0.677. The zero-order valence-electron chi connectivity index (χ0n) is 15.0. The van der Waals surface area contributed by atoms with Gasteiger partial charge in [-0.25, -0.2) is 0 Å². The SMILES string of the molecule is C[C@H](C(=O)C(C)(C)C)[C@@H](CC(=O)c1ccccc1)c1ccccc1. The fraction of sp³-hybridized carbons (Fsp3) is 0.364. The summed E-state index contributed by atoms with van der Waals surface area (Å²) in [7, 11) is 0. The third-order valence-electron chi connectivity index (χ3n) is 4.49. The summed E-state index contributed by atoms with van der Waals surface area (Å²) in [6.07, 6.45) is 0.344. The average molecular weight is 322 g/mol. The van der Waals surface area contributed by atoms with Crippen LogP contribution in [0.2, 0.25) is 0 Å². The van der Waals surface area contributed by atoms with Gasteiger partial charge in [0.2, 0.25) is 0 Å². The van der Waals surface area contributed by atoms with Crippen molar-refractivity contribution in [1.29, 1.82) is 0 Å². The molecule has 2 aromatic carbocycles. The largest absolute Gasteiger partial charge is 0.299 e. The van der Waals surface area contributed by atoms with Crippen LogP contribution in [0.4, 0.5) is 0 Å². The van der Waals surface area contributed by atoms with Crippen LogP contribution in [0.15, 0.2) is 60.7 Å². The van der Waals surface area contributed by atoms with Crippen molar-refractivity contribution >= 4 is 11.6 Å². The Morgan fingerprint density at radius 2 is 1.38 bits per heavy atom. The summed E-state index contributed by atoms with van der Waals surface area (Å²) in [5.74, 6) is -0.0408. The van der Waals surface area contributed by atoms with Gasteiger partial charge in [0, 0.05) is 29.2 Å². The van der Waals surface area contributed by atoms with E-state index in [0.717, 1.165) is 5.56 Å². The normalized spacial score (nSPS) is 14.0. The van der Waals surface area contributed by atoms with Gasteiger partial charge >= 0.3 is 0 Å². The standard InChI is InChI=1S/C22H26O2/c1-16(21(24)22(2,3)4)19(17-11-7-5-8-12-17)15-20(23)18-13-9-6-10-14-18/h5-14,16,19H,15H2,1-4H3/t16-,19+/m0/s1. The molecule has 2 atom stereocenters. The predicted octanol–water partition coefficient (Wildman–Crippen LogP) is 5.29. The molecule has 0 radical (unpaired) electrons. The molecule has 0 aliphatic rings. The maximum absolute atomic E-state index is 12.8. The fourth-order valence-electron chi connectivity index (χ4n) is 3.09. The van der Waals surface area contributed by atoms with Crippen molar-refractivity contribution in [3.8, 4) is 0 Å². The number of hydrogen-bond donors (Lipinski definition) is 0. The maximum Gasteiger partial charge on any atom is 0.163 e. The molecule has 0 saturated carbocycles. The van der Waals surface area contributed by atoms with Crippen molar-refractivity contribution in [2.24, 2.45) is 11.3 Å². The summed E-state index contributed by atoms with van der Waals surface area (Å²) in [5.41, 5.74) is 1.34. The average Bonchev–Trinajstić information content (AvgIpc) is 2.59. The Balaban J connectivity index is 2.30. The third-order valence-corrected chi connectivity index (χ3v) is 4.49. The van der Waals surface area contributed by atoms with Gasteiger partial charge in [-0.05, 0) is 5.56 Å². The first-order valence-electron chi connectivity index (χ1n) is 8.48. The summed E-state index contributed by atoms with van der Waals surface area (Å²) in [5, 5.41) is 0. The van der Waals surface area contributed by atoms with Crippen LogP contribution < -0.4 is 0 Å². The molecular formula is C22H26O2. The highest BCUT2D eigenvalue weighted by molar-refractivity contribution is 5.97. The van der Waals surface area contributed by atoms with E-state index in [-0.39, 0.29) is 23.4 Å². The molecule has 0 N–H and O–H groups in total. The minimum absolute atomic E-state index is 0.0815. The van der Waals surface area contributed by atoms with Crippen molar-refractivity contribution in [3.05, 3.63) is 71.8 Å². The lowest BCUT2D eigenvalue weighted by molar-refractivity contribution is -0.130. The molecule has 24 heavy (non-hydrogen) atoms. The number of ketones is 2. The second kappa shape index (κ2) is 7.57. The van der Waals surface area contributed by atoms with Crippen LogP contribution in [0.5, 0.6) is 0 Å². The van der Waals surface area contributed by atoms with Gasteiger partial charge in [0.25, 0.3) is 0 Å². The Morgan fingerprint density at radius 1 is 0.875 bits per heavy atom. The minimum Gasteiger partial charge on any atom is -0.299 e. The summed E-state index contributed by atoms with van der Waals surface area (Å²) in [4.78, 5) is 25.5. The van der Waals surface area contributed by atoms with Crippen LogP contribution in [0.25, 0.3) is 0 Å². The molecule has 0 aromatic heterocycles. The van der Waals surface area contributed by atoms with E-state index in [9.17, 15) is 9.59 Å². The topological polar surface area (TPSA) is 34.1 Å². The maximum atomic E-state index is 12.8. The molecule has 2 heteroatoms. The van der Waals surface area contributed by atoms with E-state index in [2.05, 4.69) is 0 Å². The highest BCUT2D eigenvalue weighted by Crippen LogP contribution is 2.34. The van der Waals surface area contributed by atoms with Crippen molar-refractivity contribution in [2.75, 3.05) is 0 Å². The van der Waals surface area contributed by atoms with Crippen LogP contribution in [0.1, 0.15) is 56.0 Å². The Bertz CT molecular complexity index is 681. The second-order valence-corrected chi connectivity index (χ2v) is 7.41. The van der Waals surface area contributed by atoms with Gasteiger partial charge in [-0.2, -0.15) is 0 Å². The van der Waals surface area contributed by atoms with Crippen LogP contribution in [-0.4, -0.2) is 11.6 Å². The van der Waals surface area contributed by atoms with E-state index < -0.39 is 5.41 Å². The molecule has 0 spiro atoms. The number of carbonyl (C=O) groups excluding carboxylic acids is 2. The second-order valence-electron chi connectivity index (χ2n) is 7.41. The third kappa shape index (κ3) is 4.41. The Hall–Kier alpha value is -2.22. The van der Waals surface area contributed by atoms with Gasteiger partial charge in [-0.3, -0.25) is 9.59 Å². The van der Waals surface area contributed by atoms with Crippen LogP contribution >= 0.6 is 0 Å². The first-order chi connectivity index (χ1) is 11.3. The molecule has 0 fully saturated rings. The molecule has 126 valence electrons. The first kappa shape index (κ1) is 18.1. The molecule has 0 aliphatic heterocycles. The number of hydrogen-bond acceptors (Lipinski definition) is 2. The number of rotatable bonds is 6. The Morgan fingerprint density at radius 3 is 1.88 bits per heavy atom. The van der Waals surface area contributed by atoms with Crippen LogP contribution in [-0.2, 0) is 4.79 Å². The smallest absolute Gasteiger partial charge is 0.163 e. The van der Waals surface area contributed by atoms with Gasteiger partial charge < -0.3 is 0 Å². The van der Waals surface area contributed by atoms with Crippen LogP contribution in [0.3, 0.4) is 0 Å². The molecule has 0 unspecified atom stereocenters. The zero-order chi connectivity index (χ0) is 17.7. The highest BCUT2D eigenvalue weighted by Gasteiger charge is 2.33. The number of Topliss-reactive ketones (excluding diaryl/α,β-unsaturated/α-hetero) is 2. The molecule has 0 heterocycles. The summed E-state index contributed by atoms with van der Waals surface area (Å²) in [6.45, 7) is 7.76. The molecule has 0 aliphatic carbocycles. The minimum atomic E-state index is -0.414. The number of carbonyl (C=O) groups is 2. The highest BCUT2D eigenvalue weighted by atomic mass is 16.1. The molecule has 2 aromatic rings. The van der Waals surface area contributed by atoms with Crippen molar-refractivity contribution in [3.63, 3.8) is 0 Å². The number of benzene rings is 2. The molecular weight excluding hydrogens is 296 g/mol. The summed E-state index contributed by atoms with van der Waals surface area (Å²) in [6, 6.07) is 19.2. The van der Waals surface area contributed by atoms with Crippen molar-refractivity contribution in [2.45, 2.75) is 40.0 Å².